The van der Waals surface area contributed by atoms with Crippen molar-refractivity contribution < 1.29 is 13.2 Å². The summed E-state index contributed by atoms with van der Waals surface area (Å²) in [6, 6.07) is 1.55. The summed E-state index contributed by atoms with van der Waals surface area (Å²) in [5, 5.41) is 3.11. The van der Waals surface area contributed by atoms with Crippen LogP contribution in [0.4, 0.5) is 13.2 Å². The van der Waals surface area contributed by atoms with Crippen molar-refractivity contribution in [3.8, 4) is 0 Å². The Hall–Kier alpha value is -1.03. The Kier molecular flexibility index (Phi) is 2.46. The third-order valence-corrected chi connectivity index (χ3v) is 2.97. The van der Waals surface area contributed by atoms with Crippen molar-refractivity contribution in [2.24, 2.45) is 0 Å². The first kappa shape index (κ1) is 10.5. The summed E-state index contributed by atoms with van der Waals surface area (Å²) in [4.78, 5) is 0. The molecule has 1 aromatic carbocycles. The van der Waals surface area contributed by atoms with Gasteiger partial charge in [-0.25, -0.2) is 13.2 Å². The number of benzene rings is 1. The fraction of sp³-hybridized carbons (Fsp3) is 0.455. The van der Waals surface area contributed by atoms with Gasteiger partial charge in [0.15, 0.2) is 11.6 Å². The molecule has 1 saturated heterocycles. The van der Waals surface area contributed by atoms with E-state index < -0.39 is 23.0 Å². The zero-order valence-corrected chi connectivity index (χ0v) is 8.41. The minimum atomic E-state index is -1.14. The normalized spacial score (nSPS) is 25.9. The van der Waals surface area contributed by atoms with Gasteiger partial charge in [0.1, 0.15) is 5.82 Å². The van der Waals surface area contributed by atoms with Crippen LogP contribution in [0.25, 0.3) is 0 Å². The third kappa shape index (κ3) is 1.74. The Morgan fingerprint density at radius 1 is 1.13 bits per heavy atom. The van der Waals surface area contributed by atoms with Gasteiger partial charge in [0.2, 0.25) is 0 Å². The zero-order chi connectivity index (χ0) is 11.1. The molecule has 0 bridgehead atoms. The van der Waals surface area contributed by atoms with Gasteiger partial charge in [0, 0.05) is 17.2 Å². The Labute approximate surface area is 86.3 Å². The van der Waals surface area contributed by atoms with E-state index in [0.29, 0.717) is 6.07 Å². The first-order valence-corrected chi connectivity index (χ1v) is 4.93. The molecule has 15 heavy (non-hydrogen) atoms. The lowest BCUT2D eigenvalue weighted by atomic mass is 9.90. The van der Waals surface area contributed by atoms with Crippen LogP contribution < -0.4 is 5.32 Å². The number of nitrogens with one attached hydrogen (secondary N) is 1. The second-order valence-corrected chi connectivity index (χ2v) is 4.11. The first-order valence-electron chi connectivity index (χ1n) is 4.93. The molecular formula is C11H12F3N. The average Bonchev–Trinajstić information content (AvgIpc) is 2.60. The highest BCUT2D eigenvalue weighted by Crippen LogP contribution is 2.32. The number of rotatable bonds is 1. The van der Waals surface area contributed by atoms with Gasteiger partial charge >= 0.3 is 0 Å². The minimum absolute atomic E-state index is 0.207. The molecule has 1 aromatic rings. The molecule has 1 fully saturated rings. The summed E-state index contributed by atoms with van der Waals surface area (Å²) in [5.41, 5.74) is -0.363. The largest absolute Gasteiger partial charge is 0.308 e. The van der Waals surface area contributed by atoms with Gasteiger partial charge in [-0.2, -0.15) is 0 Å². The van der Waals surface area contributed by atoms with Crippen molar-refractivity contribution in [2.45, 2.75) is 25.3 Å². The van der Waals surface area contributed by atoms with Crippen LogP contribution in [0.5, 0.6) is 0 Å². The molecule has 1 N–H and O–H groups in total. The highest BCUT2D eigenvalue weighted by atomic mass is 19.2. The molecule has 1 nitrogen and oxygen atoms in total. The van der Waals surface area contributed by atoms with Crippen LogP contribution in [0.15, 0.2) is 12.1 Å². The molecule has 1 aliphatic rings. The average molecular weight is 215 g/mol. The summed E-state index contributed by atoms with van der Waals surface area (Å²) < 4.78 is 39.2. The molecule has 1 atom stereocenters. The Morgan fingerprint density at radius 3 is 2.40 bits per heavy atom. The standard InChI is InChI=1S/C11H12F3N/c1-11(3-2-4-15-11)7-5-9(13)10(14)6-8(7)12/h5-6,15H,2-4H2,1H3. The lowest BCUT2D eigenvalue weighted by Gasteiger charge is -2.25. The molecule has 0 amide bonds. The van der Waals surface area contributed by atoms with Crippen molar-refractivity contribution in [3.05, 3.63) is 35.1 Å². The van der Waals surface area contributed by atoms with Gasteiger partial charge in [0.25, 0.3) is 0 Å². The van der Waals surface area contributed by atoms with E-state index in [9.17, 15) is 13.2 Å². The molecule has 0 aliphatic carbocycles. The number of halogens is 3. The van der Waals surface area contributed by atoms with Crippen LogP contribution in [0.2, 0.25) is 0 Å². The molecule has 0 aromatic heterocycles. The van der Waals surface area contributed by atoms with Crippen LogP contribution >= 0.6 is 0 Å². The van der Waals surface area contributed by atoms with Crippen molar-refractivity contribution >= 4 is 0 Å². The predicted octanol–water partition coefficient (Wildman–Crippen LogP) is 2.70. The monoisotopic (exact) mass is 215 g/mol. The van der Waals surface area contributed by atoms with Crippen molar-refractivity contribution in [1.82, 2.24) is 5.32 Å². The second-order valence-electron chi connectivity index (χ2n) is 4.11. The molecule has 1 unspecified atom stereocenters. The summed E-state index contributed by atoms with van der Waals surface area (Å²) in [7, 11) is 0. The van der Waals surface area contributed by atoms with Gasteiger partial charge in [-0.3, -0.25) is 0 Å². The fourth-order valence-electron chi connectivity index (χ4n) is 2.07. The van der Waals surface area contributed by atoms with Gasteiger partial charge < -0.3 is 5.32 Å². The highest BCUT2D eigenvalue weighted by molar-refractivity contribution is 5.28. The van der Waals surface area contributed by atoms with Crippen molar-refractivity contribution in [3.63, 3.8) is 0 Å². The maximum Gasteiger partial charge on any atom is 0.161 e. The number of hydrogen-bond acceptors (Lipinski definition) is 1. The van der Waals surface area contributed by atoms with Crippen LogP contribution in [0.3, 0.4) is 0 Å². The van der Waals surface area contributed by atoms with Crippen LogP contribution in [-0.4, -0.2) is 6.54 Å². The van der Waals surface area contributed by atoms with Crippen LogP contribution in [-0.2, 0) is 5.54 Å². The highest BCUT2D eigenvalue weighted by Gasteiger charge is 2.33. The maximum atomic E-state index is 13.5. The number of hydrogen-bond donors (Lipinski definition) is 1. The molecule has 2 rings (SSSR count). The fourth-order valence-corrected chi connectivity index (χ4v) is 2.07. The molecule has 0 saturated carbocycles. The van der Waals surface area contributed by atoms with Crippen molar-refractivity contribution in [2.75, 3.05) is 6.54 Å². The smallest absolute Gasteiger partial charge is 0.161 e. The van der Waals surface area contributed by atoms with E-state index in [0.717, 1.165) is 25.5 Å². The van der Waals surface area contributed by atoms with E-state index in [1.807, 2.05) is 0 Å². The molecule has 0 spiro atoms. The molecule has 0 radical (unpaired) electrons. The van der Waals surface area contributed by atoms with E-state index >= 15 is 0 Å². The van der Waals surface area contributed by atoms with Crippen molar-refractivity contribution in [1.29, 1.82) is 0 Å². The van der Waals surface area contributed by atoms with E-state index in [-0.39, 0.29) is 5.56 Å². The van der Waals surface area contributed by atoms with E-state index in [4.69, 9.17) is 0 Å². The van der Waals surface area contributed by atoms with Crippen LogP contribution in [0.1, 0.15) is 25.3 Å². The summed E-state index contributed by atoms with van der Waals surface area (Å²) >= 11 is 0. The summed E-state index contributed by atoms with van der Waals surface area (Å²) in [5.74, 6) is -2.83. The molecule has 82 valence electrons. The Morgan fingerprint density at radius 2 is 1.80 bits per heavy atom. The first-order chi connectivity index (χ1) is 7.03. The summed E-state index contributed by atoms with van der Waals surface area (Å²) in [6.45, 7) is 2.57. The predicted molar refractivity (Wildman–Crippen MR) is 50.9 cm³/mol. The lowest BCUT2D eigenvalue weighted by Crippen LogP contribution is -2.34. The quantitative estimate of drug-likeness (QED) is 0.710. The second kappa shape index (κ2) is 3.52. The molecule has 1 heterocycles. The van der Waals surface area contributed by atoms with Gasteiger partial charge in [-0.05, 0) is 32.4 Å². The van der Waals surface area contributed by atoms with Gasteiger partial charge in [-0.1, -0.05) is 0 Å². The molecule has 4 heteroatoms. The molecular weight excluding hydrogens is 203 g/mol. The minimum Gasteiger partial charge on any atom is -0.308 e. The van der Waals surface area contributed by atoms with Gasteiger partial charge in [0.05, 0.1) is 0 Å². The Balaban J connectivity index is 2.48. The zero-order valence-electron chi connectivity index (χ0n) is 8.41. The summed E-state index contributed by atoms with van der Waals surface area (Å²) in [6.07, 6.45) is 1.64. The third-order valence-electron chi connectivity index (χ3n) is 2.97. The topological polar surface area (TPSA) is 12.0 Å². The van der Waals surface area contributed by atoms with E-state index in [2.05, 4.69) is 5.32 Å². The van der Waals surface area contributed by atoms with Crippen LogP contribution in [0, 0.1) is 17.5 Å². The molecule has 1 aliphatic heterocycles. The SMILES string of the molecule is CC1(c2cc(F)c(F)cc2F)CCCN1. The van der Waals surface area contributed by atoms with Gasteiger partial charge in [-0.15, -0.1) is 0 Å². The maximum absolute atomic E-state index is 13.5. The lowest BCUT2D eigenvalue weighted by molar-refractivity contribution is 0.399. The van der Waals surface area contributed by atoms with E-state index in [1.54, 1.807) is 6.92 Å². The Bertz CT molecular complexity index is 384. The van der Waals surface area contributed by atoms with E-state index in [1.165, 1.54) is 0 Å².